The van der Waals surface area contributed by atoms with E-state index in [2.05, 4.69) is 0 Å². The summed E-state index contributed by atoms with van der Waals surface area (Å²) in [6, 6.07) is 11.0. The molecule has 220 valence electrons. The first-order valence-corrected chi connectivity index (χ1v) is 12.1. The molecule has 5 atom stereocenters. The molecule has 1 heterocycles. The van der Waals surface area contributed by atoms with Crippen molar-refractivity contribution in [3.8, 4) is 16.9 Å². The summed E-state index contributed by atoms with van der Waals surface area (Å²) in [7, 11) is 1.25. The molecule has 0 aromatic heterocycles. The molecule has 3 rings (SSSR count). The van der Waals surface area contributed by atoms with Gasteiger partial charge in [-0.05, 0) is 35.4 Å². The molecular formula is C28H29ClO12. The predicted octanol–water partition coefficient (Wildman–Crippen LogP) is 3.26. The summed E-state index contributed by atoms with van der Waals surface area (Å²) in [5.74, 6) is -4.88. The Morgan fingerprint density at radius 3 is 2.00 bits per heavy atom. The number of carbonyl (C=O) groups is 5. The van der Waals surface area contributed by atoms with Crippen LogP contribution in [-0.4, -0.2) is 74.3 Å². The first kappa shape index (κ1) is 25.8. The largest absolute Gasteiger partial charge is 0.465 e. The lowest BCUT2D eigenvalue weighted by molar-refractivity contribution is -0.288. The summed E-state index contributed by atoms with van der Waals surface area (Å²) >= 11 is 6.42. The zero-order valence-electron chi connectivity index (χ0n) is 25.7. The van der Waals surface area contributed by atoms with Crippen LogP contribution in [0.3, 0.4) is 0 Å². The number of ether oxygens (including phenoxy) is 7. The fraction of sp³-hybridized carbons (Fsp3) is 0.393. The molecule has 1 fully saturated rings. The number of benzene rings is 2. The van der Waals surface area contributed by atoms with Crippen LogP contribution in [0.5, 0.6) is 5.75 Å². The van der Waals surface area contributed by atoms with Crippen LogP contribution >= 0.6 is 11.6 Å². The fourth-order valence-corrected chi connectivity index (χ4v) is 4.12. The van der Waals surface area contributed by atoms with Crippen LogP contribution in [0.4, 0.5) is 0 Å². The second-order valence-corrected chi connectivity index (χ2v) is 8.83. The van der Waals surface area contributed by atoms with Crippen molar-refractivity contribution >= 4 is 41.4 Å². The second-order valence-electron chi connectivity index (χ2n) is 8.42. The zero-order valence-corrected chi connectivity index (χ0v) is 22.5. The van der Waals surface area contributed by atoms with E-state index in [9.17, 15) is 24.0 Å². The average molecular weight is 597 g/mol. The topological polar surface area (TPSA) is 150 Å². The molecule has 1 unspecified atom stereocenters. The quantitative estimate of drug-likeness (QED) is 0.309. The Hall–Kier alpha value is -4.16. The monoisotopic (exact) mass is 596 g/mol. The maximum atomic E-state index is 12.3. The number of carbonyl (C=O) groups excluding carboxylic acids is 5. The Kier molecular flexibility index (Phi) is 8.77. The summed E-state index contributed by atoms with van der Waals surface area (Å²) < 4.78 is 67.0. The molecule has 0 radical (unpaired) electrons. The summed E-state index contributed by atoms with van der Waals surface area (Å²) in [5, 5.41) is 0.0544. The fourth-order valence-electron chi connectivity index (χ4n) is 3.95. The Balaban J connectivity index is 2.05. The second kappa shape index (κ2) is 14.0. The predicted molar refractivity (Wildman–Crippen MR) is 141 cm³/mol. The molecule has 13 heteroatoms. The Labute approximate surface area is 246 Å². The number of esters is 5. The van der Waals surface area contributed by atoms with Crippen LogP contribution in [0.25, 0.3) is 11.1 Å². The Morgan fingerprint density at radius 1 is 0.805 bits per heavy atom. The van der Waals surface area contributed by atoms with Gasteiger partial charge in [-0.1, -0.05) is 29.8 Å². The molecule has 1 aliphatic heterocycles. The lowest BCUT2D eigenvalue weighted by Crippen LogP contribution is -2.63. The summed E-state index contributed by atoms with van der Waals surface area (Å²) in [4.78, 5) is 60.4. The van der Waals surface area contributed by atoms with Gasteiger partial charge in [-0.2, -0.15) is 0 Å². The van der Waals surface area contributed by atoms with Gasteiger partial charge in [0.25, 0.3) is 0 Å². The maximum Gasteiger partial charge on any atom is 0.337 e. The van der Waals surface area contributed by atoms with Gasteiger partial charge in [0.05, 0.1) is 17.7 Å². The Bertz CT molecular complexity index is 1380. The van der Waals surface area contributed by atoms with Crippen molar-refractivity contribution in [2.45, 2.75) is 58.3 Å². The third-order valence-corrected chi connectivity index (χ3v) is 5.93. The van der Waals surface area contributed by atoms with Gasteiger partial charge in [0.15, 0.2) is 12.2 Å². The van der Waals surface area contributed by atoms with Crippen LogP contribution in [0.2, 0.25) is 5.02 Å². The number of halogens is 1. The van der Waals surface area contributed by atoms with E-state index in [1.165, 1.54) is 19.2 Å². The lowest BCUT2D eigenvalue weighted by atomic mass is 9.98. The lowest BCUT2D eigenvalue weighted by Gasteiger charge is -2.44. The standard InChI is InChI=1S/C28H29ClO12/c1-14(30)36-13-23-24(37-15(2)31)25(38-16(3)32)26(39-17(4)33)28(41-23)40-22-12-20(10-11-21(22)29)18-6-8-19(9-7-18)27(34)35-5/h6-12,23-26,28H,13H2,1-5H3/t23-,24-,25+,26+,28?/m1/s1/i1D,2D,3D,4D. The van der Waals surface area contributed by atoms with Crippen LogP contribution in [0.15, 0.2) is 42.5 Å². The molecule has 0 aliphatic carbocycles. The molecule has 0 spiro atoms. The summed E-state index contributed by atoms with van der Waals surface area (Å²) in [5.41, 5.74) is 1.50. The van der Waals surface area contributed by atoms with Gasteiger partial charge >= 0.3 is 29.8 Å². The van der Waals surface area contributed by atoms with E-state index in [-0.39, 0.29) is 10.8 Å². The SMILES string of the molecule is [2H]CC(=O)OC[C@H]1OC(Oc2cc(-c3ccc(C(=O)OC)cc3)ccc2Cl)[C@@H](OC(=O)C[2H])[C@@H](OC(=O)C[2H])[C@@H]1OC(=O)C[2H]. The molecule has 41 heavy (non-hydrogen) atoms. The van der Waals surface area contributed by atoms with E-state index in [1.54, 1.807) is 30.3 Å². The van der Waals surface area contributed by atoms with Gasteiger partial charge in [-0.25, -0.2) is 4.79 Å². The minimum Gasteiger partial charge on any atom is -0.465 e. The highest BCUT2D eigenvalue weighted by Crippen LogP contribution is 2.35. The van der Waals surface area contributed by atoms with E-state index < -0.39 is 94.8 Å². The third kappa shape index (κ3) is 8.41. The van der Waals surface area contributed by atoms with Crippen molar-refractivity contribution in [3.63, 3.8) is 0 Å². The van der Waals surface area contributed by atoms with Crippen molar-refractivity contribution < 1.29 is 62.6 Å². The molecule has 0 amide bonds. The highest BCUT2D eigenvalue weighted by atomic mass is 35.5. The average Bonchev–Trinajstić information content (AvgIpc) is 3.06. The smallest absolute Gasteiger partial charge is 0.337 e. The highest BCUT2D eigenvalue weighted by Gasteiger charge is 2.53. The molecule has 0 N–H and O–H groups in total. The van der Waals surface area contributed by atoms with E-state index in [1.807, 2.05) is 0 Å². The van der Waals surface area contributed by atoms with Crippen molar-refractivity contribution in [2.75, 3.05) is 13.7 Å². The summed E-state index contributed by atoms with van der Waals surface area (Å²) in [6.07, 6.45) is -8.23. The van der Waals surface area contributed by atoms with Crippen molar-refractivity contribution in [1.29, 1.82) is 0 Å². The molecular weight excluding hydrogens is 564 g/mol. The van der Waals surface area contributed by atoms with Gasteiger partial charge in [0.2, 0.25) is 12.4 Å². The minimum atomic E-state index is -1.72. The van der Waals surface area contributed by atoms with E-state index >= 15 is 0 Å². The molecule has 1 aliphatic rings. The highest BCUT2D eigenvalue weighted by molar-refractivity contribution is 6.32. The number of rotatable bonds is 9. The van der Waals surface area contributed by atoms with Crippen LogP contribution in [-0.2, 0) is 47.6 Å². The van der Waals surface area contributed by atoms with Crippen molar-refractivity contribution in [2.24, 2.45) is 0 Å². The van der Waals surface area contributed by atoms with Crippen LogP contribution in [0.1, 0.15) is 43.4 Å². The van der Waals surface area contributed by atoms with E-state index in [4.69, 9.17) is 50.2 Å². The van der Waals surface area contributed by atoms with E-state index in [0.29, 0.717) is 16.7 Å². The normalized spacial score (nSPS) is 22.9. The van der Waals surface area contributed by atoms with Gasteiger partial charge in [0.1, 0.15) is 18.5 Å². The molecule has 12 nitrogen and oxygen atoms in total. The van der Waals surface area contributed by atoms with Crippen molar-refractivity contribution in [3.05, 3.63) is 53.1 Å². The van der Waals surface area contributed by atoms with Gasteiger partial charge in [-0.3, -0.25) is 19.2 Å². The molecule has 2 aromatic rings. The summed E-state index contributed by atoms with van der Waals surface area (Å²) in [6.45, 7) is -4.03. The first-order valence-electron chi connectivity index (χ1n) is 14.6. The Morgan fingerprint density at radius 2 is 1.39 bits per heavy atom. The number of methoxy groups -OCH3 is 1. The zero-order chi connectivity index (χ0) is 33.1. The number of hydrogen-bond acceptors (Lipinski definition) is 12. The molecule has 0 bridgehead atoms. The molecule has 1 saturated heterocycles. The van der Waals surface area contributed by atoms with Gasteiger partial charge in [-0.15, -0.1) is 0 Å². The third-order valence-electron chi connectivity index (χ3n) is 5.62. The van der Waals surface area contributed by atoms with Gasteiger partial charge in [0, 0.05) is 33.1 Å². The number of hydrogen-bond donors (Lipinski definition) is 0. The molecule has 2 aromatic carbocycles. The first-order chi connectivity index (χ1) is 21.5. The van der Waals surface area contributed by atoms with E-state index in [0.717, 1.165) is 0 Å². The molecule has 0 saturated carbocycles. The van der Waals surface area contributed by atoms with Crippen LogP contribution in [0, 0.1) is 0 Å². The maximum absolute atomic E-state index is 12.3. The van der Waals surface area contributed by atoms with Crippen LogP contribution < -0.4 is 4.74 Å². The minimum absolute atomic E-state index is 0.0304. The van der Waals surface area contributed by atoms with Crippen molar-refractivity contribution in [1.82, 2.24) is 0 Å². The van der Waals surface area contributed by atoms with Gasteiger partial charge < -0.3 is 33.2 Å².